The number of hydrogen-bond acceptors (Lipinski definition) is 5. The molecule has 30 heavy (non-hydrogen) atoms. The van der Waals surface area contributed by atoms with E-state index in [-0.39, 0.29) is 25.1 Å². The van der Waals surface area contributed by atoms with E-state index in [0.717, 1.165) is 16.5 Å². The highest BCUT2D eigenvalue weighted by atomic mass is 16.7. The first-order chi connectivity index (χ1) is 14.3. The van der Waals surface area contributed by atoms with Crippen LogP contribution in [0.5, 0.6) is 5.75 Å². The molecule has 0 spiro atoms. The molecule has 5 nitrogen and oxygen atoms in total. The Balaban J connectivity index is 1.97. The molecule has 0 saturated carbocycles. The quantitative estimate of drug-likeness (QED) is 0.273. The van der Waals surface area contributed by atoms with Crippen molar-refractivity contribution in [3.05, 3.63) is 64.0 Å². The van der Waals surface area contributed by atoms with Gasteiger partial charge in [-0.1, -0.05) is 52.8 Å². The third-order valence-electron chi connectivity index (χ3n) is 5.10. The highest BCUT2D eigenvalue weighted by Gasteiger charge is 2.16. The zero-order valence-electron chi connectivity index (χ0n) is 18.2. The van der Waals surface area contributed by atoms with Crippen molar-refractivity contribution < 1.29 is 18.7 Å². The minimum atomic E-state index is -0.392. The summed E-state index contributed by atoms with van der Waals surface area (Å²) in [5, 5.41) is 0.796. The molecule has 5 heteroatoms. The Bertz CT molecular complexity index is 1110. The van der Waals surface area contributed by atoms with E-state index in [1.54, 1.807) is 19.1 Å². The van der Waals surface area contributed by atoms with Gasteiger partial charge in [-0.15, -0.1) is 0 Å². The van der Waals surface area contributed by atoms with Crippen molar-refractivity contribution in [2.24, 2.45) is 0 Å². The molecule has 0 aliphatic carbocycles. The first-order valence-corrected chi connectivity index (χ1v) is 10.3. The average Bonchev–Trinajstić information content (AvgIpc) is 2.72. The van der Waals surface area contributed by atoms with Gasteiger partial charge in [-0.3, -0.25) is 4.79 Å². The van der Waals surface area contributed by atoms with Crippen LogP contribution in [0, 0.1) is 0 Å². The molecule has 0 fully saturated rings. The summed E-state index contributed by atoms with van der Waals surface area (Å²) < 4.78 is 15.9. The van der Waals surface area contributed by atoms with Crippen molar-refractivity contribution in [1.29, 1.82) is 0 Å². The zero-order chi connectivity index (χ0) is 21.8. The summed E-state index contributed by atoms with van der Waals surface area (Å²) in [5.41, 5.74) is 3.86. The van der Waals surface area contributed by atoms with Gasteiger partial charge < -0.3 is 13.9 Å². The smallest absolute Gasteiger partial charge is 0.344 e. The molecular weight excluding hydrogens is 380 g/mol. The second-order valence-corrected chi connectivity index (χ2v) is 7.94. The van der Waals surface area contributed by atoms with Crippen LogP contribution in [0.25, 0.3) is 22.1 Å². The molecule has 0 unspecified atom stereocenters. The zero-order valence-corrected chi connectivity index (χ0v) is 18.2. The first kappa shape index (κ1) is 21.6. The molecule has 0 bridgehead atoms. The molecule has 0 amide bonds. The highest BCUT2D eigenvalue weighted by molar-refractivity contribution is 5.83. The monoisotopic (exact) mass is 408 g/mol. The largest absolute Gasteiger partial charge is 0.457 e. The van der Waals surface area contributed by atoms with Crippen molar-refractivity contribution >= 4 is 16.9 Å². The minimum Gasteiger partial charge on any atom is -0.457 e. The van der Waals surface area contributed by atoms with Gasteiger partial charge >= 0.3 is 11.6 Å². The van der Waals surface area contributed by atoms with Gasteiger partial charge in [-0.2, -0.15) is 0 Å². The lowest BCUT2D eigenvalue weighted by Crippen LogP contribution is -2.09. The number of carbonyl (C=O) groups excluding carboxylic acids is 1. The molecule has 2 aromatic carbocycles. The Kier molecular flexibility index (Phi) is 6.60. The molecule has 3 rings (SSSR count). The van der Waals surface area contributed by atoms with E-state index in [4.69, 9.17) is 13.9 Å². The number of benzene rings is 2. The maximum Gasteiger partial charge on any atom is 0.344 e. The summed E-state index contributed by atoms with van der Waals surface area (Å²) in [6, 6.07) is 13.4. The van der Waals surface area contributed by atoms with Crippen molar-refractivity contribution in [3.8, 4) is 16.9 Å². The lowest BCUT2D eigenvalue weighted by molar-refractivity contribution is -0.149. The lowest BCUT2D eigenvalue weighted by atomic mass is 9.89. The molecule has 1 heterocycles. The van der Waals surface area contributed by atoms with Crippen molar-refractivity contribution in [2.45, 2.75) is 52.9 Å². The number of fused-ring (bicyclic) bond motifs is 1. The molecule has 158 valence electrons. The van der Waals surface area contributed by atoms with E-state index in [0.29, 0.717) is 22.8 Å². The van der Waals surface area contributed by atoms with Crippen LogP contribution < -0.4 is 10.4 Å². The van der Waals surface area contributed by atoms with Gasteiger partial charge in [0.25, 0.3) is 0 Å². The first-order valence-electron chi connectivity index (χ1n) is 10.3. The van der Waals surface area contributed by atoms with Crippen LogP contribution >= 0.6 is 0 Å². The summed E-state index contributed by atoms with van der Waals surface area (Å²) in [6.07, 6.45) is 0.287. The molecule has 0 N–H and O–H groups in total. The fourth-order valence-corrected chi connectivity index (χ4v) is 3.30. The van der Waals surface area contributed by atoms with Crippen molar-refractivity contribution in [2.75, 3.05) is 6.79 Å². The predicted octanol–water partition coefficient (Wildman–Crippen LogP) is 6.00. The SMILES string of the molecule is CCC(=O)OCOc1ccc2cc(-c3ccc(C(C)C)cc3C(C)C)c(=O)oc2c1. The van der Waals surface area contributed by atoms with E-state index in [2.05, 4.69) is 39.8 Å². The van der Waals surface area contributed by atoms with E-state index in [9.17, 15) is 9.59 Å². The molecule has 1 aromatic heterocycles. The average molecular weight is 408 g/mol. The lowest BCUT2D eigenvalue weighted by Gasteiger charge is -2.16. The summed E-state index contributed by atoms with van der Waals surface area (Å²) in [5.74, 6) is 0.817. The third kappa shape index (κ3) is 4.73. The van der Waals surface area contributed by atoms with Gasteiger partial charge in [-0.05, 0) is 46.7 Å². The van der Waals surface area contributed by atoms with Crippen LogP contribution in [0.2, 0.25) is 0 Å². The second-order valence-electron chi connectivity index (χ2n) is 7.94. The Morgan fingerprint density at radius 1 is 0.967 bits per heavy atom. The number of rotatable bonds is 7. The van der Waals surface area contributed by atoms with E-state index in [1.807, 2.05) is 18.2 Å². The molecule has 3 aromatic rings. The number of ether oxygens (including phenoxy) is 2. The van der Waals surface area contributed by atoms with Gasteiger partial charge in [0.1, 0.15) is 11.3 Å². The van der Waals surface area contributed by atoms with Crippen molar-refractivity contribution in [1.82, 2.24) is 0 Å². The van der Waals surface area contributed by atoms with Crippen LogP contribution in [0.4, 0.5) is 0 Å². The van der Waals surface area contributed by atoms with Gasteiger partial charge in [0, 0.05) is 17.9 Å². The fourth-order valence-electron chi connectivity index (χ4n) is 3.30. The molecule has 0 aliphatic rings. The van der Waals surface area contributed by atoms with Crippen LogP contribution in [0.3, 0.4) is 0 Å². The van der Waals surface area contributed by atoms with Crippen LogP contribution in [0.15, 0.2) is 51.7 Å². The standard InChI is InChI=1S/C25H28O5/c1-6-24(26)29-14-28-19-9-7-18-12-22(25(27)30-23(18)13-19)20-10-8-17(15(2)3)11-21(20)16(4)5/h7-13,15-16H,6,14H2,1-5H3. The normalized spacial score (nSPS) is 11.3. The molecule has 0 atom stereocenters. The Morgan fingerprint density at radius 3 is 2.40 bits per heavy atom. The molecular formula is C25H28O5. The molecule has 0 saturated heterocycles. The maximum atomic E-state index is 12.8. The Labute approximate surface area is 176 Å². The number of esters is 1. The number of hydrogen-bond donors (Lipinski definition) is 0. The predicted molar refractivity (Wildman–Crippen MR) is 118 cm³/mol. The molecule has 0 radical (unpaired) electrons. The Morgan fingerprint density at radius 2 is 1.73 bits per heavy atom. The van der Waals surface area contributed by atoms with Gasteiger partial charge in [0.2, 0.25) is 6.79 Å². The van der Waals surface area contributed by atoms with E-state index >= 15 is 0 Å². The molecule has 0 aliphatic heterocycles. The van der Waals surface area contributed by atoms with Gasteiger partial charge in [-0.25, -0.2) is 4.79 Å². The summed E-state index contributed by atoms with van der Waals surface area (Å²) in [4.78, 5) is 24.0. The van der Waals surface area contributed by atoms with Gasteiger partial charge in [0.05, 0.1) is 5.56 Å². The van der Waals surface area contributed by atoms with Crippen LogP contribution in [-0.4, -0.2) is 12.8 Å². The second kappa shape index (κ2) is 9.16. The summed E-state index contributed by atoms with van der Waals surface area (Å²) in [7, 11) is 0. The minimum absolute atomic E-state index is 0.180. The number of carbonyl (C=O) groups is 1. The van der Waals surface area contributed by atoms with Gasteiger partial charge in [0.15, 0.2) is 0 Å². The summed E-state index contributed by atoms with van der Waals surface area (Å²) in [6.45, 7) is 10.1. The van der Waals surface area contributed by atoms with Crippen molar-refractivity contribution in [3.63, 3.8) is 0 Å². The highest BCUT2D eigenvalue weighted by Crippen LogP contribution is 2.32. The third-order valence-corrected chi connectivity index (χ3v) is 5.10. The van der Waals surface area contributed by atoms with Crippen LogP contribution in [0.1, 0.15) is 64.0 Å². The maximum absolute atomic E-state index is 12.8. The van der Waals surface area contributed by atoms with E-state index < -0.39 is 5.63 Å². The Hall–Kier alpha value is -3.08. The van der Waals surface area contributed by atoms with E-state index in [1.165, 1.54) is 5.56 Å². The fraction of sp³-hybridized carbons (Fsp3) is 0.360. The van der Waals surface area contributed by atoms with Crippen LogP contribution in [-0.2, 0) is 9.53 Å². The summed E-state index contributed by atoms with van der Waals surface area (Å²) >= 11 is 0. The topological polar surface area (TPSA) is 65.7 Å².